The number of aliphatic hydroxyl groups is 1. The first-order chi connectivity index (χ1) is 9.10. The van der Waals surface area contributed by atoms with E-state index < -0.39 is 17.1 Å². The molecule has 0 aromatic heterocycles. The van der Waals surface area contributed by atoms with Gasteiger partial charge in [-0.1, -0.05) is 0 Å². The highest BCUT2D eigenvalue weighted by molar-refractivity contribution is 5.69. The first-order valence-electron chi connectivity index (χ1n) is 5.55. The minimum atomic E-state index is -0.550. The van der Waals surface area contributed by atoms with Crippen LogP contribution < -0.4 is 10.1 Å². The van der Waals surface area contributed by atoms with Gasteiger partial charge in [0.05, 0.1) is 18.1 Å². The van der Waals surface area contributed by atoms with Crippen LogP contribution in [0.3, 0.4) is 0 Å². The van der Waals surface area contributed by atoms with Crippen LogP contribution >= 0.6 is 0 Å². The molecule has 8 heteroatoms. The van der Waals surface area contributed by atoms with E-state index in [1.54, 1.807) is 0 Å². The molecule has 1 saturated heterocycles. The van der Waals surface area contributed by atoms with Crippen LogP contribution in [0.2, 0.25) is 0 Å². The Balaban J connectivity index is 2.03. The van der Waals surface area contributed by atoms with Gasteiger partial charge in [-0.25, -0.2) is 4.79 Å². The number of nitro groups is 1. The predicted octanol–water partition coefficient (Wildman–Crippen LogP) is 0.574. The highest BCUT2D eigenvalue weighted by atomic mass is 16.6. The van der Waals surface area contributed by atoms with Gasteiger partial charge in [0.2, 0.25) is 0 Å². The smallest absolute Gasteiger partial charge is 0.407 e. The standard InChI is InChI=1S/C11H12N2O6/c14-5-7-3-8(13(16)17)1-2-10(7)18-6-9-4-12-11(15)19-9/h1-3,9,14H,4-6H2,(H,12,15). The van der Waals surface area contributed by atoms with Gasteiger partial charge < -0.3 is 19.9 Å². The lowest BCUT2D eigenvalue weighted by molar-refractivity contribution is -0.385. The summed E-state index contributed by atoms with van der Waals surface area (Å²) in [4.78, 5) is 20.9. The minimum absolute atomic E-state index is 0.115. The van der Waals surface area contributed by atoms with E-state index in [2.05, 4.69) is 5.32 Å². The van der Waals surface area contributed by atoms with E-state index >= 15 is 0 Å². The molecule has 1 aliphatic heterocycles. The summed E-state index contributed by atoms with van der Waals surface area (Å²) < 4.78 is 10.3. The zero-order valence-corrected chi connectivity index (χ0v) is 9.87. The van der Waals surface area contributed by atoms with Crippen molar-refractivity contribution >= 4 is 11.8 Å². The molecule has 1 aliphatic rings. The number of alkyl carbamates (subject to hydrolysis) is 1. The maximum atomic E-state index is 10.8. The number of hydrogen-bond acceptors (Lipinski definition) is 6. The molecule has 0 aliphatic carbocycles. The van der Waals surface area contributed by atoms with Gasteiger partial charge in [-0.3, -0.25) is 10.1 Å². The molecule has 1 atom stereocenters. The fraction of sp³-hybridized carbons (Fsp3) is 0.364. The molecule has 1 heterocycles. The number of nitrogens with one attached hydrogen (secondary N) is 1. The zero-order valence-electron chi connectivity index (χ0n) is 9.87. The number of non-ortho nitro benzene ring substituents is 1. The van der Waals surface area contributed by atoms with E-state index in [0.717, 1.165) is 0 Å². The van der Waals surface area contributed by atoms with Crippen LogP contribution in [-0.2, 0) is 11.3 Å². The quantitative estimate of drug-likeness (QED) is 0.596. The molecule has 0 spiro atoms. The number of amides is 1. The van der Waals surface area contributed by atoms with Gasteiger partial charge in [0.1, 0.15) is 12.4 Å². The van der Waals surface area contributed by atoms with E-state index in [1.165, 1.54) is 18.2 Å². The number of nitro benzene ring substituents is 1. The number of benzene rings is 1. The molecule has 8 nitrogen and oxygen atoms in total. The second-order valence-corrected chi connectivity index (χ2v) is 3.93. The predicted molar refractivity (Wildman–Crippen MR) is 62.8 cm³/mol. The SMILES string of the molecule is O=C1NCC(COc2ccc([N+](=O)[O-])cc2CO)O1. The lowest BCUT2D eigenvalue weighted by Gasteiger charge is -2.12. The summed E-state index contributed by atoms with van der Waals surface area (Å²) in [7, 11) is 0. The molecule has 1 unspecified atom stereocenters. The molecule has 0 saturated carbocycles. The number of ether oxygens (including phenoxy) is 2. The third-order valence-corrected chi connectivity index (χ3v) is 2.60. The highest BCUT2D eigenvalue weighted by Crippen LogP contribution is 2.24. The first kappa shape index (κ1) is 13.1. The van der Waals surface area contributed by atoms with Gasteiger partial charge in [-0.2, -0.15) is 0 Å². The Morgan fingerprint density at radius 2 is 2.37 bits per heavy atom. The Morgan fingerprint density at radius 1 is 1.58 bits per heavy atom. The maximum absolute atomic E-state index is 10.8. The number of hydrogen-bond donors (Lipinski definition) is 2. The number of nitrogens with zero attached hydrogens (tertiary/aromatic N) is 1. The minimum Gasteiger partial charge on any atom is -0.489 e. The topological polar surface area (TPSA) is 111 Å². The van der Waals surface area contributed by atoms with E-state index in [-0.39, 0.29) is 18.9 Å². The van der Waals surface area contributed by atoms with Gasteiger partial charge in [0.15, 0.2) is 6.10 Å². The van der Waals surface area contributed by atoms with E-state index in [9.17, 15) is 14.9 Å². The molecule has 2 rings (SSSR count). The highest BCUT2D eigenvalue weighted by Gasteiger charge is 2.23. The Bertz CT molecular complexity index is 504. The second-order valence-electron chi connectivity index (χ2n) is 3.93. The van der Waals surface area contributed by atoms with Crippen molar-refractivity contribution in [2.24, 2.45) is 0 Å². The van der Waals surface area contributed by atoms with Gasteiger partial charge in [-0.05, 0) is 6.07 Å². The van der Waals surface area contributed by atoms with Crippen LogP contribution in [0.4, 0.5) is 10.5 Å². The molecule has 1 amide bonds. The number of carbonyl (C=O) groups excluding carboxylic acids is 1. The lowest BCUT2D eigenvalue weighted by Crippen LogP contribution is -2.22. The van der Waals surface area contributed by atoms with Crippen molar-refractivity contribution in [3.05, 3.63) is 33.9 Å². The van der Waals surface area contributed by atoms with Crippen molar-refractivity contribution in [3.63, 3.8) is 0 Å². The summed E-state index contributed by atoms with van der Waals surface area (Å²) in [6, 6.07) is 3.94. The van der Waals surface area contributed by atoms with E-state index in [4.69, 9.17) is 14.6 Å². The molecular formula is C11H12N2O6. The molecular weight excluding hydrogens is 256 g/mol. The van der Waals surface area contributed by atoms with Crippen molar-refractivity contribution in [3.8, 4) is 5.75 Å². The fourth-order valence-corrected chi connectivity index (χ4v) is 1.65. The van der Waals surface area contributed by atoms with Gasteiger partial charge >= 0.3 is 6.09 Å². The molecule has 1 aromatic rings. The number of carbonyl (C=O) groups is 1. The summed E-state index contributed by atoms with van der Waals surface area (Å²) in [5, 5.41) is 22.2. The van der Waals surface area contributed by atoms with Crippen LogP contribution in [0.1, 0.15) is 5.56 Å². The van der Waals surface area contributed by atoms with Crippen molar-refractivity contribution in [2.75, 3.05) is 13.2 Å². The molecule has 1 aromatic carbocycles. The molecule has 0 radical (unpaired) electrons. The fourth-order valence-electron chi connectivity index (χ4n) is 1.65. The molecule has 19 heavy (non-hydrogen) atoms. The van der Waals surface area contributed by atoms with Crippen LogP contribution in [0.15, 0.2) is 18.2 Å². The summed E-state index contributed by atoms with van der Waals surface area (Å²) in [5.74, 6) is 0.330. The monoisotopic (exact) mass is 268 g/mol. The average Bonchev–Trinajstić information content (AvgIpc) is 2.81. The Morgan fingerprint density at radius 3 is 2.95 bits per heavy atom. The number of cyclic esters (lactones) is 1. The maximum Gasteiger partial charge on any atom is 0.407 e. The molecule has 102 valence electrons. The summed E-state index contributed by atoms with van der Waals surface area (Å²) >= 11 is 0. The van der Waals surface area contributed by atoms with E-state index in [0.29, 0.717) is 17.9 Å². The third kappa shape index (κ3) is 3.10. The third-order valence-electron chi connectivity index (χ3n) is 2.60. The van der Waals surface area contributed by atoms with E-state index in [1.807, 2.05) is 0 Å². The van der Waals surface area contributed by atoms with Crippen LogP contribution in [0.5, 0.6) is 5.75 Å². The van der Waals surface area contributed by atoms with Gasteiger partial charge in [0.25, 0.3) is 5.69 Å². The summed E-state index contributed by atoms with van der Waals surface area (Å²) in [6.45, 7) is 0.0868. The normalized spacial score (nSPS) is 17.7. The first-order valence-corrected chi connectivity index (χ1v) is 5.55. The molecule has 2 N–H and O–H groups in total. The van der Waals surface area contributed by atoms with Crippen molar-refractivity contribution in [1.82, 2.24) is 5.32 Å². The van der Waals surface area contributed by atoms with Crippen molar-refractivity contribution in [1.29, 1.82) is 0 Å². The van der Waals surface area contributed by atoms with Crippen molar-refractivity contribution in [2.45, 2.75) is 12.7 Å². The van der Waals surface area contributed by atoms with Crippen molar-refractivity contribution < 1.29 is 24.3 Å². The Labute approximate surface area is 108 Å². The molecule has 1 fully saturated rings. The van der Waals surface area contributed by atoms with Crippen LogP contribution in [0, 0.1) is 10.1 Å². The van der Waals surface area contributed by atoms with Crippen LogP contribution in [-0.4, -0.2) is 35.4 Å². The number of rotatable bonds is 5. The second kappa shape index (κ2) is 5.53. The largest absolute Gasteiger partial charge is 0.489 e. The van der Waals surface area contributed by atoms with Gasteiger partial charge in [0, 0.05) is 17.7 Å². The molecule has 0 bridgehead atoms. The number of aliphatic hydroxyl groups excluding tert-OH is 1. The lowest BCUT2D eigenvalue weighted by atomic mass is 10.2. The Hall–Kier alpha value is -2.35. The van der Waals surface area contributed by atoms with Gasteiger partial charge in [-0.15, -0.1) is 0 Å². The average molecular weight is 268 g/mol. The summed E-state index contributed by atoms with van der Waals surface area (Å²) in [5.41, 5.74) is 0.192. The Kier molecular flexibility index (Phi) is 3.81. The summed E-state index contributed by atoms with van der Waals surface area (Å²) in [6.07, 6.45) is -0.908. The zero-order chi connectivity index (χ0) is 13.8. The van der Waals surface area contributed by atoms with Crippen LogP contribution in [0.25, 0.3) is 0 Å².